The molecule has 1 unspecified atom stereocenters. The van der Waals surface area contributed by atoms with E-state index >= 15 is 0 Å². The number of Topliss-reactive ketones (excluding diaryl/α,β-unsaturated/α-hetero) is 1. The van der Waals surface area contributed by atoms with Gasteiger partial charge in [-0.05, 0) is 13.3 Å². The first-order valence-electron chi connectivity index (χ1n) is 4.52. The van der Waals surface area contributed by atoms with Gasteiger partial charge < -0.3 is 31.0 Å². The molecule has 11 heteroatoms. The molecule has 2 atom stereocenters. The Labute approximate surface area is 97.5 Å². The highest BCUT2D eigenvalue weighted by atomic mass is 31.2. The van der Waals surface area contributed by atoms with Crippen LogP contribution < -0.4 is 11.5 Å². The van der Waals surface area contributed by atoms with Gasteiger partial charge in [-0.3, -0.25) is 13.9 Å². The summed E-state index contributed by atoms with van der Waals surface area (Å²) in [5.74, 6) is -0.725. The van der Waals surface area contributed by atoms with Gasteiger partial charge in [-0.2, -0.15) is 0 Å². The van der Waals surface area contributed by atoms with Crippen molar-refractivity contribution in [2.24, 2.45) is 11.5 Å². The van der Waals surface area contributed by atoms with Gasteiger partial charge in [0.15, 0.2) is 11.2 Å². The maximum Gasteiger partial charge on any atom is 0.340 e. The summed E-state index contributed by atoms with van der Waals surface area (Å²) in [6.45, 7) is 1.31. The highest BCUT2D eigenvalue weighted by Crippen LogP contribution is 2.61. The zero-order valence-electron chi connectivity index (χ0n) is 9.00. The Balaban J connectivity index is 4.99. The molecule has 0 saturated carbocycles. The third kappa shape index (κ3) is 5.37. The maximum atomic E-state index is 11.3. The predicted octanol–water partition coefficient (Wildman–Crippen LogP) is -1.70. The van der Waals surface area contributed by atoms with E-state index in [4.69, 9.17) is 31.0 Å². The quantitative estimate of drug-likeness (QED) is 0.310. The molecule has 0 spiro atoms. The minimum atomic E-state index is -5.06. The van der Waals surface area contributed by atoms with E-state index in [1.54, 1.807) is 0 Å². The molecule has 0 aromatic heterocycles. The molecule has 0 radical (unpaired) electrons. The minimum Gasteiger partial charge on any atom is -0.324 e. The highest BCUT2D eigenvalue weighted by Gasteiger charge is 2.45. The van der Waals surface area contributed by atoms with Crippen molar-refractivity contribution >= 4 is 21.0 Å². The van der Waals surface area contributed by atoms with Crippen LogP contribution in [0.5, 0.6) is 0 Å². The Hall–Kier alpha value is -0.110. The van der Waals surface area contributed by atoms with Crippen molar-refractivity contribution in [3.05, 3.63) is 0 Å². The lowest BCUT2D eigenvalue weighted by Gasteiger charge is -2.22. The fourth-order valence-electron chi connectivity index (χ4n) is 1.15. The molecular formula is C6H16N2O7P2. The van der Waals surface area contributed by atoms with Crippen molar-refractivity contribution in [3.63, 3.8) is 0 Å². The molecule has 0 amide bonds. The Bertz CT molecular complexity index is 351. The van der Waals surface area contributed by atoms with Crippen LogP contribution in [0.2, 0.25) is 0 Å². The van der Waals surface area contributed by atoms with Crippen molar-refractivity contribution in [3.8, 4) is 0 Å². The van der Waals surface area contributed by atoms with E-state index in [1.165, 1.54) is 6.92 Å². The van der Waals surface area contributed by atoms with Gasteiger partial charge in [0, 0.05) is 0 Å². The average Bonchev–Trinajstić information content (AvgIpc) is 2.08. The van der Waals surface area contributed by atoms with Gasteiger partial charge in [-0.1, -0.05) is 0 Å². The number of carbonyl (C=O) groups is 1. The van der Waals surface area contributed by atoms with E-state index in [1.807, 2.05) is 0 Å². The Morgan fingerprint density at radius 3 is 1.71 bits per heavy atom. The minimum absolute atomic E-state index is 0.725. The number of carbonyl (C=O) groups excluding carboxylic acids is 1. The maximum absolute atomic E-state index is 11.3. The summed E-state index contributed by atoms with van der Waals surface area (Å²) in [6, 6.07) is -2.40. The number of hydrogen-bond acceptors (Lipinski definition) is 5. The summed E-state index contributed by atoms with van der Waals surface area (Å²) < 4.78 is 21.8. The lowest BCUT2D eigenvalue weighted by Crippen LogP contribution is -2.43. The lowest BCUT2D eigenvalue weighted by atomic mass is 10.1. The summed E-state index contributed by atoms with van der Waals surface area (Å²) in [5, 5.41) is -2.28. The van der Waals surface area contributed by atoms with Crippen molar-refractivity contribution < 1.29 is 33.5 Å². The topological polar surface area (TPSA) is 184 Å². The second kappa shape index (κ2) is 5.69. The summed E-state index contributed by atoms with van der Waals surface area (Å²) in [5.41, 5.74) is 10.5. The van der Waals surface area contributed by atoms with E-state index in [2.05, 4.69) is 0 Å². The Kier molecular flexibility index (Phi) is 5.65. The lowest BCUT2D eigenvalue weighted by molar-refractivity contribution is -0.121. The van der Waals surface area contributed by atoms with Crippen LogP contribution in [0.3, 0.4) is 0 Å². The van der Waals surface area contributed by atoms with Crippen molar-refractivity contribution in [2.75, 3.05) is 0 Å². The fraction of sp³-hybridized carbons (Fsp3) is 0.833. The van der Waals surface area contributed by atoms with Gasteiger partial charge in [0.2, 0.25) is 0 Å². The van der Waals surface area contributed by atoms with Gasteiger partial charge in [0.25, 0.3) is 0 Å². The van der Waals surface area contributed by atoms with Crippen LogP contribution in [-0.4, -0.2) is 42.8 Å². The molecule has 102 valence electrons. The first kappa shape index (κ1) is 16.9. The SMILES string of the molecule is C[C@H](N)C(=O)C(N)CC(P(=O)(O)O)P(=O)(O)O. The van der Waals surface area contributed by atoms with E-state index in [0.717, 1.165) is 0 Å². The molecule has 0 aliphatic carbocycles. The van der Waals surface area contributed by atoms with Crippen LogP contribution in [0.25, 0.3) is 0 Å². The van der Waals surface area contributed by atoms with Crippen LogP contribution in [-0.2, 0) is 13.9 Å². The zero-order chi connectivity index (χ0) is 14.0. The Morgan fingerprint density at radius 2 is 1.47 bits per heavy atom. The number of rotatable bonds is 6. The van der Waals surface area contributed by atoms with Crippen molar-refractivity contribution in [1.82, 2.24) is 0 Å². The van der Waals surface area contributed by atoms with Gasteiger partial charge in [-0.15, -0.1) is 0 Å². The smallest absolute Gasteiger partial charge is 0.324 e. The normalized spacial score (nSPS) is 16.9. The highest BCUT2D eigenvalue weighted by molar-refractivity contribution is 7.70. The standard InChI is InChI=1S/C6H16N2O7P2/c1-3(7)6(9)4(8)2-5(16(10,11)12)17(13,14)15/h3-5H,2,7-8H2,1H3,(H2,10,11,12)(H2,13,14,15)/t3-,4?/m0/s1. The molecule has 0 aliphatic rings. The van der Waals surface area contributed by atoms with Gasteiger partial charge >= 0.3 is 15.2 Å². The first-order chi connectivity index (χ1) is 7.37. The van der Waals surface area contributed by atoms with Crippen molar-refractivity contribution in [2.45, 2.75) is 30.8 Å². The van der Waals surface area contributed by atoms with Crippen LogP contribution in [0.4, 0.5) is 0 Å². The molecule has 0 bridgehead atoms. The van der Waals surface area contributed by atoms with Crippen LogP contribution in [0.1, 0.15) is 13.3 Å². The zero-order valence-corrected chi connectivity index (χ0v) is 10.8. The molecule has 0 heterocycles. The third-order valence-electron chi connectivity index (χ3n) is 2.06. The second-order valence-corrected chi connectivity index (χ2v) is 7.70. The molecule has 17 heavy (non-hydrogen) atoms. The molecule has 0 saturated heterocycles. The van der Waals surface area contributed by atoms with E-state index < -0.39 is 44.9 Å². The Morgan fingerprint density at radius 1 is 1.12 bits per heavy atom. The van der Waals surface area contributed by atoms with Crippen LogP contribution >= 0.6 is 15.2 Å². The molecule has 0 fully saturated rings. The van der Waals surface area contributed by atoms with E-state index in [9.17, 15) is 13.9 Å². The van der Waals surface area contributed by atoms with E-state index in [-0.39, 0.29) is 0 Å². The largest absolute Gasteiger partial charge is 0.340 e. The molecular weight excluding hydrogens is 274 g/mol. The van der Waals surface area contributed by atoms with Gasteiger partial charge in [0.1, 0.15) is 0 Å². The summed E-state index contributed by atoms with van der Waals surface area (Å²) in [7, 11) is -10.1. The molecule has 9 nitrogen and oxygen atoms in total. The number of ketones is 1. The number of hydrogen-bond donors (Lipinski definition) is 6. The van der Waals surface area contributed by atoms with Crippen LogP contribution in [0.15, 0.2) is 0 Å². The molecule has 0 aromatic carbocycles. The first-order valence-corrected chi connectivity index (χ1v) is 7.89. The van der Waals surface area contributed by atoms with Gasteiger partial charge in [-0.25, -0.2) is 0 Å². The molecule has 0 aliphatic heterocycles. The van der Waals surface area contributed by atoms with Crippen molar-refractivity contribution in [1.29, 1.82) is 0 Å². The summed E-state index contributed by atoms with van der Waals surface area (Å²) in [4.78, 5) is 46.5. The summed E-state index contributed by atoms with van der Waals surface area (Å²) >= 11 is 0. The van der Waals surface area contributed by atoms with E-state index in [0.29, 0.717) is 0 Å². The molecule has 0 rings (SSSR count). The third-order valence-corrected chi connectivity index (χ3v) is 5.84. The van der Waals surface area contributed by atoms with Crippen LogP contribution in [0, 0.1) is 0 Å². The predicted molar refractivity (Wildman–Crippen MR) is 59.1 cm³/mol. The fourth-order valence-corrected chi connectivity index (χ4v) is 3.72. The second-order valence-electron chi connectivity index (χ2n) is 3.69. The van der Waals surface area contributed by atoms with Gasteiger partial charge in [0.05, 0.1) is 12.1 Å². The average molecular weight is 290 g/mol. The molecule has 8 N–H and O–H groups in total. The number of nitrogens with two attached hydrogens (primary N) is 2. The summed E-state index contributed by atoms with van der Waals surface area (Å²) in [6.07, 6.45) is -0.824. The monoisotopic (exact) mass is 290 g/mol. The molecule has 0 aromatic rings.